The molecule has 0 spiro atoms. The highest BCUT2D eigenvalue weighted by Gasteiger charge is 2.21. The standard InChI is InChI=1S/C19H19Cl5N2O4/c20-13-14(21)16(23)18(17(24)15(13)22)29-10-11-2-3-12(30-11)19(27)25-4-1-5-26-6-8-28-9-7-26/h2-3H,1,4-10H2,(H,25,27). The number of benzene rings is 1. The Bertz CT molecular complexity index is 870. The molecule has 1 N–H and O–H groups in total. The van der Waals surface area contributed by atoms with E-state index in [0.29, 0.717) is 12.3 Å². The Kier molecular flexibility index (Phi) is 8.83. The molecule has 0 aliphatic carbocycles. The van der Waals surface area contributed by atoms with Gasteiger partial charge in [-0.1, -0.05) is 58.0 Å². The third-order valence-electron chi connectivity index (χ3n) is 4.45. The number of carbonyl (C=O) groups excluding carboxylic acids is 1. The van der Waals surface area contributed by atoms with Crippen LogP contribution in [0.15, 0.2) is 16.5 Å². The zero-order valence-electron chi connectivity index (χ0n) is 15.8. The quantitative estimate of drug-likeness (QED) is 0.282. The molecule has 2 heterocycles. The lowest BCUT2D eigenvalue weighted by atomic mass is 10.3. The summed E-state index contributed by atoms with van der Waals surface area (Å²) >= 11 is 30.3. The van der Waals surface area contributed by atoms with Gasteiger partial charge in [-0.05, 0) is 25.1 Å². The molecule has 0 atom stereocenters. The number of hydrogen-bond donors (Lipinski definition) is 1. The molecule has 0 bridgehead atoms. The average Bonchev–Trinajstić information content (AvgIpc) is 3.23. The molecular weight excluding hydrogens is 497 g/mol. The molecule has 3 rings (SSSR count). The number of furan rings is 1. The fraction of sp³-hybridized carbons (Fsp3) is 0.421. The second kappa shape index (κ2) is 11.1. The first-order chi connectivity index (χ1) is 14.4. The van der Waals surface area contributed by atoms with E-state index in [1.165, 1.54) is 0 Å². The molecule has 6 nitrogen and oxygen atoms in total. The van der Waals surface area contributed by atoms with E-state index < -0.39 is 0 Å². The predicted octanol–water partition coefficient (Wildman–Crippen LogP) is 5.58. The van der Waals surface area contributed by atoms with Crippen molar-refractivity contribution in [2.75, 3.05) is 39.4 Å². The number of nitrogens with zero attached hydrogens (tertiary/aromatic N) is 1. The van der Waals surface area contributed by atoms with Gasteiger partial charge in [0, 0.05) is 19.6 Å². The van der Waals surface area contributed by atoms with Crippen molar-refractivity contribution in [2.24, 2.45) is 0 Å². The first-order valence-electron chi connectivity index (χ1n) is 9.19. The lowest BCUT2D eigenvalue weighted by Crippen LogP contribution is -2.38. The van der Waals surface area contributed by atoms with Gasteiger partial charge in [0.1, 0.15) is 22.4 Å². The monoisotopic (exact) mass is 514 g/mol. The van der Waals surface area contributed by atoms with Gasteiger partial charge in [0.05, 0.1) is 28.3 Å². The van der Waals surface area contributed by atoms with Crippen LogP contribution in [0.3, 0.4) is 0 Å². The van der Waals surface area contributed by atoms with Gasteiger partial charge in [0.25, 0.3) is 5.91 Å². The highest BCUT2D eigenvalue weighted by atomic mass is 35.5. The molecule has 1 aromatic heterocycles. The van der Waals surface area contributed by atoms with Crippen LogP contribution >= 0.6 is 58.0 Å². The Hall–Kier alpha value is -0.860. The summed E-state index contributed by atoms with van der Waals surface area (Å²) in [6.07, 6.45) is 0.845. The van der Waals surface area contributed by atoms with Crippen molar-refractivity contribution in [1.82, 2.24) is 10.2 Å². The summed E-state index contributed by atoms with van der Waals surface area (Å²) in [4.78, 5) is 14.6. The summed E-state index contributed by atoms with van der Waals surface area (Å²) in [6.45, 7) is 4.80. The molecule has 0 saturated carbocycles. The smallest absolute Gasteiger partial charge is 0.286 e. The van der Waals surface area contributed by atoms with E-state index in [2.05, 4.69) is 10.2 Å². The van der Waals surface area contributed by atoms with Gasteiger partial charge >= 0.3 is 0 Å². The number of nitrogens with one attached hydrogen (secondary N) is 1. The van der Waals surface area contributed by atoms with Crippen molar-refractivity contribution in [1.29, 1.82) is 0 Å². The summed E-state index contributed by atoms with van der Waals surface area (Å²) in [5, 5.41) is 3.06. The van der Waals surface area contributed by atoms with E-state index in [0.717, 1.165) is 39.3 Å². The van der Waals surface area contributed by atoms with E-state index in [4.69, 9.17) is 71.9 Å². The van der Waals surface area contributed by atoms with Crippen LogP contribution in [0.5, 0.6) is 5.75 Å². The average molecular weight is 517 g/mol. The Balaban J connectivity index is 1.50. The van der Waals surface area contributed by atoms with Gasteiger partial charge in [-0.2, -0.15) is 0 Å². The molecule has 1 saturated heterocycles. The largest absolute Gasteiger partial charge is 0.482 e. The van der Waals surface area contributed by atoms with E-state index in [1.807, 2.05) is 0 Å². The van der Waals surface area contributed by atoms with E-state index in [9.17, 15) is 4.79 Å². The first kappa shape index (κ1) is 23.8. The number of rotatable bonds is 8. The van der Waals surface area contributed by atoms with Crippen molar-refractivity contribution in [3.63, 3.8) is 0 Å². The molecule has 0 radical (unpaired) electrons. The molecule has 1 aliphatic heterocycles. The van der Waals surface area contributed by atoms with Crippen LogP contribution in [0.25, 0.3) is 0 Å². The third kappa shape index (κ3) is 5.88. The van der Waals surface area contributed by atoms with Crippen molar-refractivity contribution >= 4 is 63.9 Å². The number of halogens is 5. The first-order valence-corrected chi connectivity index (χ1v) is 11.1. The molecular formula is C19H19Cl5N2O4. The highest BCUT2D eigenvalue weighted by Crippen LogP contribution is 2.48. The van der Waals surface area contributed by atoms with E-state index >= 15 is 0 Å². The third-order valence-corrected chi connectivity index (χ3v) is 6.70. The highest BCUT2D eigenvalue weighted by molar-refractivity contribution is 6.55. The number of hydrogen-bond acceptors (Lipinski definition) is 5. The summed E-state index contributed by atoms with van der Waals surface area (Å²) in [5.41, 5.74) is 0. The minimum Gasteiger partial charge on any atom is -0.482 e. The van der Waals surface area contributed by atoms with Gasteiger partial charge in [0.15, 0.2) is 11.5 Å². The molecule has 0 unspecified atom stereocenters. The minimum absolute atomic E-state index is 0.0297. The maximum atomic E-state index is 12.2. The van der Waals surface area contributed by atoms with Gasteiger partial charge in [-0.3, -0.25) is 9.69 Å². The molecule has 11 heteroatoms. The Labute approximate surface area is 199 Å². The zero-order chi connectivity index (χ0) is 21.7. The molecule has 164 valence electrons. The van der Waals surface area contributed by atoms with Crippen LogP contribution in [0, 0.1) is 0 Å². The summed E-state index contributed by atoms with van der Waals surface area (Å²) in [7, 11) is 0. The zero-order valence-corrected chi connectivity index (χ0v) is 19.6. The maximum Gasteiger partial charge on any atom is 0.286 e. The molecule has 1 aromatic carbocycles. The fourth-order valence-electron chi connectivity index (χ4n) is 2.85. The molecule has 1 fully saturated rings. The van der Waals surface area contributed by atoms with Crippen LogP contribution in [0.2, 0.25) is 25.1 Å². The topological polar surface area (TPSA) is 63.9 Å². The number of morpholine rings is 1. The van der Waals surface area contributed by atoms with Crippen LogP contribution < -0.4 is 10.1 Å². The lowest BCUT2D eigenvalue weighted by Gasteiger charge is -2.26. The normalized spacial score (nSPS) is 14.7. The second-order valence-corrected chi connectivity index (χ2v) is 8.41. The molecule has 1 amide bonds. The number of carbonyl (C=O) groups is 1. The van der Waals surface area contributed by atoms with Gasteiger partial charge < -0.3 is 19.2 Å². The van der Waals surface area contributed by atoms with Gasteiger partial charge in [-0.25, -0.2) is 0 Å². The van der Waals surface area contributed by atoms with E-state index in [1.54, 1.807) is 12.1 Å². The number of ether oxygens (including phenoxy) is 2. The van der Waals surface area contributed by atoms with Gasteiger partial charge in [0.2, 0.25) is 0 Å². The predicted molar refractivity (Wildman–Crippen MR) is 119 cm³/mol. The van der Waals surface area contributed by atoms with Crippen molar-refractivity contribution < 1.29 is 18.7 Å². The Morgan fingerprint density at radius 1 is 1.00 bits per heavy atom. The lowest BCUT2D eigenvalue weighted by molar-refractivity contribution is 0.0374. The second-order valence-electron chi connectivity index (χ2n) is 6.52. The minimum atomic E-state index is -0.295. The maximum absolute atomic E-state index is 12.2. The van der Waals surface area contributed by atoms with Crippen molar-refractivity contribution in [2.45, 2.75) is 13.0 Å². The summed E-state index contributed by atoms with van der Waals surface area (Å²) < 4.78 is 16.4. The van der Waals surface area contributed by atoms with E-state index in [-0.39, 0.29) is 49.1 Å². The molecule has 1 aliphatic rings. The van der Waals surface area contributed by atoms with Crippen molar-refractivity contribution in [3.8, 4) is 5.75 Å². The fourth-order valence-corrected chi connectivity index (χ4v) is 4.08. The molecule has 2 aromatic rings. The van der Waals surface area contributed by atoms with Crippen molar-refractivity contribution in [3.05, 3.63) is 48.8 Å². The Morgan fingerprint density at radius 2 is 1.63 bits per heavy atom. The van der Waals surface area contributed by atoms with Crippen LogP contribution in [0.4, 0.5) is 0 Å². The van der Waals surface area contributed by atoms with Crippen LogP contribution in [-0.4, -0.2) is 50.2 Å². The van der Waals surface area contributed by atoms with Gasteiger partial charge in [-0.15, -0.1) is 0 Å². The van der Waals surface area contributed by atoms with Crippen LogP contribution in [-0.2, 0) is 11.3 Å². The van der Waals surface area contributed by atoms with Crippen LogP contribution in [0.1, 0.15) is 22.7 Å². The number of amides is 1. The SMILES string of the molecule is O=C(NCCCN1CCOCC1)c1ccc(COc2c(Cl)c(Cl)c(Cl)c(Cl)c2Cl)o1. The summed E-state index contributed by atoms with van der Waals surface area (Å²) in [5.74, 6) is 0.382. The Morgan fingerprint density at radius 3 is 2.30 bits per heavy atom. The summed E-state index contributed by atoms with van der Waals surface area (Å²) in [6, 6.07) is 3.20. The molecule has 30 heavy (non-hydrogen) atoms.